The first kappa shape index (κ1) is 20.2. The van der Waals surface area contributed by atoms with Gasteiger partial charge in [0.25, 0.3) is 0 Å². The average Bonchev–Trinajstić information content (AvgIpc) is 2.96. The summed E-state index contributed by atoms with van der Waals surface area (Å²) in [4.78, 5) is 17.4. The van der Waals surface area contributed by atoms with Crippen LogP contribution < -0.4 is 10.6 Å². The molecule has 2 N–H and O–H groups in total. The molecule has 1 aliphatic heterocycles. The summed E-state index contributed by atoms with van der Waals surface area (Å²) < 4.78 is 0. The standard InChI is InChI=1S/C22H36N4O/c1-2-25-13-15-26(16-14-25)18-20-10-8-7-9-19(20)17-23-22(27)24-21-11-5-3-4-6-12-21/h7-10,21H,2-6,11-18H2,1H3,(H2,23,24,27). The Hall–Kier alpha value is -1.59. The van der Waals surface area contributed by atoms with Crippen molar-refractivity contribution in [3.8, 4) is 0 Å². The fourth-order valence-electron chi connectivity index (χ4n) is 4.22. The molecule has 1 aromatic carbocycles. The Balaban J connectivity index is 1.48. The minimum Gasteiger partial charge on any atom is -0.335 e. The van der Waals surface area contributed by atoms with Crippen molar-refractivity contribution < 1.29 is 4.79 Å². The smallest absolute Gasteiger partial charge is 0.315 e. The van der Waals surface area contributed by atoms with Crippen LogP contribution in [0, 0.1) is 0 Å². The molecule has 5 heteroatoms. The summed E-state index contributed by atoms with van der Waals surface area (Å²) in [6.07, 6.45) is 7.32. The monoisotopic (exact) mass is 372 g/mol. The summed E-state index contributed by atoms with van der Waals surface area (Å²) in [7, 11) is 0. The molecule has 0 atom stereocenters. The van der Waals surface area contributed by atoms with Gasteiger partial charge < -0.3 is 15.5 Å². The second-order valence-electron chi connectivity index (χ2n) is 7.99. The van der Waals surface area contributed by atoms with Crippen molar-refractivity contribution in [3.05, 3.63) is 35.4 Å². The zero-order valence-electron chi connectivity index (χ0n) is 16.9. The van der Waals surface area contributed by atoms with Crippen LogP contribution in [0.3, 0.4) is 0 Å². The van der Waals surface area contributed by atoms with E-state index in [4.69, 9.17) is 0 Å². The summed E-state index contributed by atoms with van der Waals surface area (Å²) in [6.45, 7) is 9.50. The van der Waals surface area contributed by atoms with E-state index in [0.717, 1.165) is 52.1 Å². The number of nitrogens with one attached hydrogen (secondary N) is 2. The van der Waals surface area contributed by atoms with Crippen LogP contribution in [0.4, 0.5) is 4.79 Å². The van der Waals surface area contributed by atoms with Crippen molar-refractivity contribution in [2.24, 2.45) is 0 Å². The molecule has 5 nitrogen and oxygen atoms in total. The fourth-order valence-corrected chi connectivity index (χ4v) is 4.22. The van der Waals surface area contributed by atoms with Gasteiger partial charge in [-0.2, -0.15) is 0 Å². The van der Waals surface area contributed by atoms with Gasteiger partial charge in [-0.3, -0.25) is 4.90 Å². The van der Waals surface area contributed by atoms with Crippen LogP contribution in [0.5, 0.6) is 0 Å². The second-order valence-corrected chi connectivity index (χ2v) is 7.99. The Bertz CT molecular complexity index is 575. The summed E-state index contributed by atoms with van der Waals surface area (Å²) in [6, 6.07) is 8.84. The number of hydrogen-bond acceptors (Lipinski definition) is 3. The van der Waals surface area contributed by atoms with Crippen LogP contribution in [0.2, 0.25) is 0 Å². The van der Waals surface area contributed by atoms with Crippen LogP contribution in [-0.2, 0) is 13.1 Å². The Labute approximate surface area is 164 Å². The predicted octanol–water partition coefficient (Wildman–Crippen LogP) is 3.35. The van der Waals surface area contributed by atoms with Crippen molar-refractivity contribution in [2.45, 2.75) is 64.6 Å². The highest BCUT2D eigenvalue weighted by atomic mass is 16.2. The molecule has 1 saturated heterocycles. The van der Waals surface area contributed by atoms with Gasteiger partial charge in [0.2, 0.25) is 0 Å². The molecule has 2 aliphatic rings. The van der Waals surface area contributed by atoms with Gasteiger partial charge in [-0.05, 0) is 30.5 Å². The maximum atomic E-state index is 12.3. The third kappa shape index (κ3) is 6.51. The summed E-state index contributed by atoms with van der Waals surface area (Å²) >= 11 is 0. The first-order valence-electron chi connectivity index (χ1n) is 10.8. The van der Waals surface area contributed by atoms with Gasteiger partial charge in [0.15, 0.2) is 0 Å². The summed E-state index contributed by atoms with van der Waals surface area (Å²) in [5.41, 5.74) is 2.56. The first-order valence-corrected chi connectivity index (χ1v) is 10.8. The van der Waals surface area contributed by atoms with E-state index in [1.54, 1.807) is 0 Å². The van der Waals surface area contributed by atoms with E-state index in [9.17, 15) is 4.79 Å². The van der Waals surface area contributed by atoms with Crippen LogP contribution in [-0.4, -0.2) is 54.6 Å². The molecule has 0 spiro atoms. The normalized spacial score (nSPS) is 20.2. The zero-order valence-corrected chi connectivity index (χ0v) is 16.9. The lowest BCUT2D eigenvalue weighted by atomic mass is 10.1. The zero-order chi connectivity index (χ0) is 18.9. The third-order valence-corrected chi connectivity index (χ3v) is 6.05. The Kier molecular flexibility index (Phi) is 7.96. The first-order chi connectivity index (χ1) is 13.2. The van der Waals surface area contributed by atoms with E-state index in [0.29, 0.717) is 12.6 Å². The summed E-state index contributed by atoms with van der Waals surface area (Å²) in [5.74, 6) is 0. The van der Waals surface area contributed by atoms with Crippen LogP contribution in [0.1, 0.15) is 56.6 Å². The van der Waals surface area contributed by atoms with E-state index in [1.165, 1.54) is 36.8 Å². The molecule has 0 aromatic heterocycles. The van der Waals surface area contributed by atoms with Crippen LogP contribution in [0.15, 0.2) is 24.3 Å². The highest BCUT2D eigenvalue weighted by Crippen LogP contribution is 2.17. The molecule has 1 heterocycles. The quantitative estimate of drug-likeness (QED) is 0.753. The second kappa shape index (κ2) is 10.7. The predicted molar refractivity (Wildman–Crippen MR) is 111 cm³/mol. The lowest BCUT2D eigenvalue weighted by Crippen LogP contribution is -2.45. The molecule has 1 aromatic rings. The lowest BCUT2D eigenvalue weighted by molar-refractivity contribution is 0.131. The van der Waals surface area contributed by atoms with Gasteiger partial charge in [0, 0.05) is 45.3 Å². The Morgan fingerprint density at radius 2 is 1.59 bits per heavy atom. The molecule has 150 valence electrons. The molecule has 1 aliphatic carbocycles. The molecular formula is C22H36N4O. The van der Waals surface area contributed by atoms with Crippen molar-refractivity contribution in [1.82, 2.24) is 20.4 Å². The molecule has 1 saturated carbocycles. The van der Waals surface area contributed by atoms with E-state index >= 15 is 0 Å². The SMILES string of the molecule is CCN1CCN(Cc2ccccc2CNC(=O)NC2CCCCCC2)CC1. The van der Waals surface area contributed by atoms with Gasteiger partial charge in [-0.25, -0.2) is 4.79 Å². The van der Waals surface area contributed by atoms with Crippen LogP contribution in [0.25, 0.3) is 0 Å². The molecule has 0 unspecified atom stereocenters. The number of carbonyl (C=O) groups is 1. The van der Waals surface area contributed by atoms with E-state index < -0.39 is 0 Å². The van der Waals surface area contributed by atoms with Gasteiger partial charge in [0.1, 0.15) is 0 Å². The van der Waals surface area contributed by atoms with E-state index in [1.807, 2.05) is 0 Å². The molecule has 2 amide bonds. The third-order valence-electron chi connectivity index (χ3n) is 6.05. The number of benzene rings is 1. The topological polar surface area (TPSA) is 47.6 Å². The fraction of sp³-hybridized carbons (Fsp3) is 0.682. The number of urea groups is 1. The summed E-state index contributed by atoms with van der Waals surface area (Å²) in [5, 5.41) is 6.26. The number of rotatable bonds is 6. The molecule has 2 fully saturated rings. The van der Waals surface area contributed by atoms with Crippen molar-refractivity contribution in [3.63, 3.8) is 0 Å². The van der Waals surface area contributed by atoms with E-state index in [-0.39, 0.29) is 6.03 Å². The molecule has 0 bridgehead atoms. The van der Waals surface area contributed by atoms with Gasteiger partial charge in [-0.15, -0.1) is 0 Å². The highest BCUT2D eigenvalue weighted by Gasteiger charge is 2.17. The maximum Gasteiger partial charge on any atom is 0.315 e. The van der Waals surface area contributed by atoms with Crippen molar-refractivity contribution >= 4 is 6.03 Å². The Morgan fingerprint density at radius 3 is 2.26 bits per heavy atom. The lowest BCUT2D eigenvalue weighted by Gasteiger charge is -2.34. The number of hydrogen-bond donors (Lipinski definition) is 2. The van der Waals surface area contributed by atoms with Gasteiger partial charge in [-0.1, -0.05) is 56.9 Å². The maximum absolute atomic E-state index is 12.3. The number of amides is 2. The average molecular weight is 373 g/mol. The van der Waals surface area contributed by atoms with Crippen molar-refractivity contribution in [1.29, 1.82) is 0 Å². The minimum atomic E-state index is -0.0201. The number of carbonyl (C=O) groups excluding carboxylic acids is 1. The number of likely N-dealkylation sites (N-methyl/N-ethyl adjacent to an activating group) is 1. The molecule has 3 rings (SSSR count). The minimum absolute atomic E-state index is 0.0201. The van der Waals surface area contributed by atoms with Gasteiger partial charge in [0.05, 0.1) is 0 Å². The number of piperazine rings is 1. The Morgan fingerprint density at radius 1 is 0.963 bits per heavy atom. The van der Waals surface area contributed by atoms with E-state index in [2.05, 4.69) is 51.6 Å². The largest absolute Gasteiger partial charge is 0.335 e. The van der Waals surface area contributed by atoms with Crippen LogP contribution >= 0.6 is 0 Å². The number of nitrogens with zero attached hydrogens (tertiary/aromatic N) is 2. The highest BCUT2D eigenvalue weighted by molar-refractivity contribution is 5.74. The molecule has 0 radical (unpaired) electrons. The van der Waals surface area contributed by atoms with Gasteiger partial charge >= 0.3 is 6.03 Å². The van der Waals surface area contributed by atoms with Crippen molar-refractivity contribution in [2.75, 3.05) is 32.7 Å². The molecule has 27 heavy (non-hydrogen) atoms. The molecular weight excluding hydrogens is 336 g/mol.